The van der Waals surface area contributed by atoms with E-state index in [1.807, 2.05) is 6.07 Å². The molecule has 0 fully saturated rings. The second kappa shape index (κ2) is 3.37. The average molecular weight is 191 g/mol. The molecule has 70 valence electrons. The van der Waals surface area contributed by atoms with E-state index in [1.54, 1.807) is 24.3 Å². The molecule has 0 radical (unpaired) electrons. The number of aromatic nitrogens is 3. The third-order valence-corrected chi connectivity index (χ3v) is 1.78. The molecule has 0 amide bonds. The van der Waals surface area contributed by atoms with E-state index < -0.39 is 6.04 Å². The highest BCUT2D eigenvalue weighted by molar-refractivity contribution is 5.92. The maximum Gasteiger partial charge on any atom is 0.354 e. The summed E-state index contributed by atoms with van der Waals surface area (Å²) in [5, 5.41) is 9.36. The van der Waals surface area contributed by atoms with Gasteiger partial charge in [0, 0.05) is 5.56 Å². The van der Waals surface area contributed by atoms with E-state index in [9.17, 15) is 9.18 Å². The van der Waals surface area contributed by atoms with Crippen molar-refractivity contribution in [3.8, 4) is 11.3 Å². The van der Waals surface area contributed by atoms with Crippen molar-refractivity contribution < 1.29 is 9.18 Å². The van der Waals surface area contributed by atoms with Crippen molar-refractivity contribution in [1.82, 2.24) is 15.4 Å². The maximum absolute atomic E-state index is 12.5. The van der Waals surface area contributed by atoms with Gasteiger partial charge in [0.1, 0.15) is 5.69 Å². The Balaban J connectivity index is 2.52. The number of hydrogen-bond donors (Lipinski definition) is 1. The first-order valence-electron chi connectivity index (χ1n) is 3.95. The van der Waals surface area contributed by atoms with Gasteiger partial charge < -0.3 is 0 Å². The van der Waals surface area contributed by atoms with Gasteiger partial charge in [-0.2, -0.15) is 14.7 Å². The number of benzene rings is 1. The molecule has 14 heavy (non-hydrogen) atoms. The minimum Gasteiger partial charge on any atom is -0.253 e. The number of carbonyl (C=O) groups is 1. The molecule has 4 nitrogen and oxygen atoms in total. The fraction of sp³-hybridized carbons (Fsp3) is 0. The Labute approximate surface area is 78.8 Å². The third kappa shape index (κ3) is 1.39. The van der Waals surface area contributed by atoms with Crippen molar-refractivity contribution >= 4 is 6.04 Å². The van der Waals surface area contributed by atoms with Crippen LogP contribution in [0, 0.1) is 0 Å². The van der Waals surface area contributed by atoms with Gasteiger partial charge in [0.25, 0.3) is 0 Å². The highest BCUT2D eigenvalue weighted by Gasteiger charge is 2.16. The highest BCUT2D eigenvalue weighted by Crippen LogP contribution is 2.19. The number of carbonyl (C=O) groups excluding carboxylic acids is 1. The van der Waals surface area contributed by atoms with E-state index in [1.165, 1.54) is 0 Å². The van der Waals surface area contributed by atoms with Crippen LogP contribution in [-0.4, -0.2) is 21.4 Å². The number of nitrogens with one attached hydrogen (secondary N) is 1. The minimum atomic E-state index is -1.59. The minimum absolute atomic E-state index is 0.234. The van der Waals surface area contributed by atoms with Gasteiger partial charge in [0.2, 0.25) is 0 Å². The van der Waals surface area contributed by atoms with Gasteiger partial charge >= 0.3 is 6.04 Å². The Morgan fingerprint density at radius 3 is 2.57 bits per heavy atom. The lowest BCUT2D eigenvalue weighted by molar-refractivity contribution is 0.0831. The van der Waals surface area contributed by atoms with Crippen LogP contribution in [0.1, 0.15) is 10.5 Å². The fourth-order valence-corrected chi connectivity index (χ4v) is 1.17. The van der Waals surface area contributed by atoms with Crippen molar-refractivity contribution in [1.29, 1.82) is 0 Å². The zero-order chi connectivity index (χ0) is 9.97. The molecule has 1 heterocycles. The van der Waals surface area contributed by atoms with Gasteiger partial charge in [0.05, 0.1) is 0 Å². The third-order valence-electron chi connectivity index (χ3n) is 1.78. The first-order chi connectivity index (χ1) is 6.79. The lowest BCUT2D eigenvalue weighted by Gasteiger charge is -1.94. The first kappa shape index (κ1) is 8.55. The summed E-state index contributed by atoms with van der Waals surface area (Å²) in [5.74, 6) is 0. The Morgan fingerprint density at radius 2 is 1.93 bits per heavy atom. The zero-order valence-electron chi connectivity index (χ0n) is 7.07. The number of H-pyrrole nitrogens is 1. The molecular formula is C9H6FN3O. The zero-order valence-corrected chi connectivity index (χ0v) is 7.07. The van der Waals surface area contributed by atoms with Gasteiger partial charge in [0.15, 0.2) is 5.69 Å². The summed E-state index contributed by atoms with van der Waals surface area (Å²) in [6, 6.07) is 7.24. The Kier molecular flexibility index (Phi) is 2.06. The van der Waals surface area contributed by atoms with Crippen LogP contribution in [-0.2, 0) is 0 Å². The van der Waals surface area contributed by atoms with Crippen molar-refractivity contribution in [2.24, 2.45) is 0 Å². The number of nitrogens with zero attached hydrogens (tertiary/aromatic N) is 2. The molecule has 5 heteroatoms. The normalized spacial score (nSPS) is 10.1. The van der Waals surface area contributed by atoms with E-state index in [0.29, 0.717) is 5.56 Å². The number of halogens is 1. The number of hydrogen-bond acceptors (Lipinski definition) is 3. The molecule has 0 spiro atoms. The van der Waals surface area contributed by atoms with Crippen LogP contribution >= 0.6 is 0 Å². The van der Waals surface area contributed by atoms with Crippen molar-refractivity contribution in [3.05, 3.63) is 36.0 Å². The van der Waals surface area contributed by atoms with Gasteiger partial charge in [-0.1, -0.05) is 30.3 Å². The van der Waals surface area contributed by atoms with Crippen molar-refractivity contribution in [3.63, 3.8) is 0 Å². The largest absolute Gasteiger partial charge is 0.354 e. The molecule has 0 saturated heterocycles. The molecule has 0 aliphatic rings. The summed E-state index contributed by atoms with van der Waals surface area (Å²) in [5.41, 5.74) is 0.608. The van der Waals surface area contributed by atoms with E-state index in [0.717, 1.165) is 0 Å². The van der Waals surface area contributed by atoms with Crippen LogP contribution in [0.2, 0.25) is 0 Å². The first-order valence-corrected chi connectivity index (χ1v) is 3.95. The topological polar surface area (TPSA) is 58.6 Å². The molecular weight excluding hydrogens is 185 g/mol. The smallest absolute Gasteiger partial charge is 0.253 e. The second-order valence-corrected chi connectivity index (χ2v) is 2.66. The van der Waals surface area contributed by atoms with Crippen molar-refractivity contribution in [2.75, 3.05) is 0 Å². The standard InChI is InChI=1S/C9H6FN3O/c10-9(14)8-7(11-13-12-8)6-4-2-1-3-5-6/h1-5H,(H,11,12,13). The summed E-state index contributed by atoms with van der Waals surface area (Å²) < 4.78 is 12.5. The molecule has 0 atom stereocenters. The summed E-state index contributed by atoms with van der Waals surface area (Å²) in [4.78, 5) is 10.5. The molecule has 0 bridgehead atoms. The molecule has 1 N–H and O–H groups in total. The molecule has 0 aliphatic heterocycles. The van der Waals surface area contributed by atoms with Crippen LogP contribution in [0.3, 0.4) is 0 Å². The summed E-state index contributed by atoms with van der Waals surface area (Å²) in [7, 11) is 0. The maximum atomic E-state index is 12.5. The van der Waals surface area contributed by atoms with Crippen LogP contribution in [0.15, 0.2) is 30.3 Å². The van der Waals surface area contributed by atoms with Gasteiger partial charge in [-0.05, 0) is 0 Å². The Hall–Kier alpha value is -2.04. The lowest BCUT2D eigenvalue weighted by Crippen LogP contribution is -1.93. The van der Waals surface area contributed by atoms with Crippen LogP contribution in [0.25, 0.3) is 11.3 Å². The van der Waals surface area contributed by atoms with E-state index in [2.05, 4.69) is 15.4 Å². The van der Waals surface area contributed by atoms with Crippen molar-refractivity contribution in [2.45, 2.75) is 0 Å². The van der Waals surface area contributed by atoms with Crippen LogP contribution in [0.4, 0.5) is 4.39 Å². The predicted molar refractivity (Wildman–Crippen MR) is 47.3 cm³/mol. The summed E-state index contributed by atoms with van der Waals surface area (Å²) in [6.45, 7) is 0. The predicted octanol–water partition coefficient (Wildman–Crippen LogP) is 1.58. The Morgan fingerprint density at radius 1 is 1.21 bits per heavy atom. The summed E-state index contributed by atoms with van der Waals surface area (Å²) >= 11 is 0. The van der Waals surface area contributed by atoms with Crippen LogP contribution in [0.5, 0.6) is 0 Å². The molecule has 2 aromatic rings. The average Bonchev–Trinajstić information content (AvgIpc) is 2.67. The monoisotopic (exact) mass is 191 g/mol. The summed E-state index contributed by atoms with van der Waals surface area (Å²) in [6.07, 6.45) is 0. The molecule has 0 unspecified atom stereocenters. The molecule has 1 aromatic carbocycles. The lowest BCUT2D eigenvalue weighted by atomic mass is 10.1. The van der Waals surface area contributed by atoms with Gasteiger partial charge in [-0.25, -0.2) is 0 Å². The fourth-order valence-electron chi connectivity index (χ4n) is 1.17. The molecule has 2 rings (SSSR count). The number of rotatable bonds is 2. The Bertz CT molecular complexity index is 452. The molecule has 0 saturated carbocycles. The SMILES string of the molecule is O=C(F)c1n[nH]nc1-c1ccccc1. The van der Waals surface area contributed by atoms with E-state index >= 15 is 0 Å². The van der Waals surface area contributed by atoms with Gasteiger partial charge in [-0.15, -0.1) is 5.10 Å². The van der Waals surface area contributed by atoms with Crippen LogP contribution < -0.4 is 0 Å². The molecule has 0 aliphatic carbocycles. The quantitative estimate of drug-likeness (QED) is 0.733. The molecule has 1 aromatic heterocycles. The highest BCUT2D eigenvalue weighted by atomic mass is 19.1. The second-order valence-electron chi connectivity index (χ2n) is 2.66. The van der Waals surface area contributed by atoms with E-state index in [4.69, 9.17) is 0 Å². The van der Waals surface area contributed by atoms with Gasteiger partial charge in [-0.3, -0.25) is 4.79 Å². The van der Waals surface area contributed by atoms with E-state index in [-0.39, 0.29) is 11.4 Å². The number of aromatic amines is 1.